The molecule has 1 N–H and O–H groups in total. The van der Waals surface area contributed by atoms with Crippen molar-refractivity contribution in [2.45, 2.75) is 19.9 Å². The first-order chi connectivity index (χ1) is 14.1. The van der Waals surface area contributed by atoms with Crippen LogP contribution < -0.4 is 14.8 Å². The van der Waals surface area contributed by atoms with E-state index in [9.17, 15) is 4.79 Å². The molecule has 0 fully saturated rings. The summed E-state index contributed by atoms with van der Waals surface area (Å²) in [5.41, 5.74) is 4.13. The van der Waals surface area contributed by atoms with Crippen LogP contribution in [0.2, 0.25) is 0 Å². The van der Waals surface area contributed by atoms with Gasteiger partial charge in [-0.05, 0) is 36.6 Å². The van der Waals surface area contributed by atoms with Crippen molar-refractivity contribution in [3.63, 3.8) is 0 Å². The van der Waals surface area contributed by atoms with Gasteiger partial charge in [-0.15, -0.1) is 17.9 Å². The number of aromatic nitrogens is 1. The first kappa shape index (κ1) is 20.6. The topological polar surface area (TPSA) is 60.5 Å². The van der Waals surface area contributed by atoms with Crippen molar-refractivity contribution in [3.05, 3.63) is 76.6 Å². The van der Waals surface area contributed by atoms with E-state index in [1.165, 1.54) is 0 Å². The molecule has 0 aliphatic heterocycles. The number of amides is 1. The number of thiazole rings is 1. The van der Waals surface area contributed by atoms with Crippen molar-refractivity contribution in [1.29, 1.82) is 0 Å². The van der Waals surface area contributed by atoms with E-state index >= 15 is 0 Å². The number of carbonyl (C=O) groups is 1. The second-order valence-electron chi connectivity index (χ2n) is 6.49. The molecule has 0 atom stereocenters. The summed E-state index contributed by atoms with van der Waals surface area (Å²) in [5, 5.41) is 5.96. The van der Waals surface area contributed by atoms with Gasteiger partial charge >= 0.3 is 0 Å². The summed E-state index contributed by atoms with van der Waals surface area (Å²) >= 11 is 1.63. The third-order valence-corrected chi connectivity index (χ3v) is 5.10. The van der Waals surface area contributed by atoms with Crippen LogP contribution in [0.25, 0.3) is 11.3 Å². The number of carbonyl (C=O) groups excluding carboxylic acids is 1. The van der Waals surface area contributed by atoms with Crippen molar-refractivity contribution in [3.8, 4) is 22.8 Å². The van der Waals surface area contributed by atoms with Crippen molar-refractivity contribution in [1.82, 2.24) is 10.3 Å². The number of nitrogens with zero attached hydrogens (tertiary/aromatic N) is 1. The molecule has 2 aromatic carbocycles. The smallest absolute Gasteiger partial charge is 0.258 e. The molecule has 0 unspecified atom stereocenters. The van der Waals surface area contributed by atoms with Gasteiger partial charge in [0.15, 0.2) is 18.1 Å². The monoisotopic (exact) mass is 408 g/mol. The third kappa shape index (κ3) is 5.68. The van der Waals surface area contributed by atoms with E-state index in [0.717, 1.165) is 33.8 Å². The maximum Gasteiger partial charge on any atom is 0.258 e. The van der Waals surface area contributed by atoms with Gasteiger partial charge in [-0.3, -0.25) is 4.79 Å². The second-order valence-corrected chi connectivity index (χ2v) is 7.55. The number of methoxy groups -OCH3 is 1. The van der Waals surface area contributed by atoms with Crippen molar-refractivity contribution in [2.75, 3.05) is 13.7 Å². The number of rotatable bonds is 9. The molecular formula is C23H24N2O3S. The molecule has 3 aromatic rings. The summed E-state index contributed by atoms with van der Waals surface area (Å²) in [4.78, 5) is 16.6. The van der Waals surface area contributed by atoms with Crippen molar-refractivity contribution >= 4 is 17.2 Å². The molecule has 3 rings (SSSR count). The van der Waals surface area contributed by atoms with Crippen molar-refractivity contribution in [2.24, 2.45) is 0 Å². The number of ether oxygens (including phenoxy) is 2. The predicted octanol–water partition coefficient (Wildman–Crippen LogP) is 4.55. The van der Waals surface area contributed by atoms with Crippen LogP contribution in [0.1, 0.15) is 16.1 Å². The van der Waals surface area contributed by atoms with Gasteiger partial charge < -0.3 is 14.8 Å². The Balaban J connectivity index is 1.50. The summed E-state index contributed by atoms with van der Waals surface area (Å²) in [7, 11) is 1.58. The van der Waals surface area contributed by atoms with Crippen LogP contribution in [0.3, 0.4) is 0 Å². The summed E-state index contributed by atoms with van der Waals surface area (Å²) < 4.78 is 11.0. The molecule has 0 saturated carbocycles. The maximum atomic E-state index is 12.2. The number of benzene rings is 2. The molecule has 29 heavy (non-hydrogen) atoms. The summed E-state index contributed by atoms with van der Waals surface area (Å²) in [5.74, 6) is 0.949. The van der Waals surface area contributed by atoms with E-state index < -0.39 is 0 Å². The van der Waals surface area contributed by atoms with Crippen LogP contribution >= 0.6 is 11.3 Å². The zero-order valence-corrected chi connectivity index (χ0v) is 17.4. The van der Waals surface area contributed by atoms with Gasteiger partial charge in [0.05, 0.1) is 17.8 Å². The lowest BCUT2D eigenvalue weighted by Gasteiger charge is -2.12. The zero-order chi connectivity index (χ0) is 20.6. The highest BCUT2D eigenvalue weighted by Crippen LogP contribution is 2.28. The molecule has 0 saturated heterocycles. The zero-order valence-electron chi connectivity index (χ0n) is 16.6. The van der Waals surface area contributed by atoms with E-state index in [4.69, 9.17) is 9.47 Å². The Morgan fingerprint density at radius 1 is 1.17 bits per heavy atom. The molecule has 1 aromatic heterocycles. The summed E-state index contributed by atoms with van der Waals surface area (Å²) in [6, 6.07) is 13.6. The Kier molecular flexibility index (Phi) is 7.03. The van der Waals surface area contributed by atoms with Gasteiger partial charge in [-0.2, -0.15) is 0 Å². The van der Waals surface area contributed by atoms with Crippen LogP contribution in [0.4, 0.5) is 0 Å². The predicted molar refractivity (Wildman–Crippen MR) is 117 cm³/mol. The van der Waals surface area contributed by atoms with E-state index in [2.05, 4.69) is 16.9 Å². The Bertz CT molecular complexity index is 980. The van der Waals surface area contributed by atoms with E-state index in [-0.39, 0.29) is 12.5 Å². The first-order valence-electron chi connectivity index (χ1n) is 9.28. The molecular weight excluding hydrogens is 384 g/mol. The molecule has 0 bridgehead atoms. The standard InChI is InChI=1S/C23H24N2O3S/c1-4-5-17-8-11-21(22(12-17)27-3)28-14-23(26)24-13-18-6-9-19(10-7-18)20-15-29-16(2)25-20/h4,6-12,15H,1,5,13-14H2,2-3H3,(H,24,26). The van der Waals surface area contributed by atoms with Crippen LogP contribution in [-0.4, -0.2) is 24.6 Å². The number of nitrogens with one attached hydrogen (secondary N) is 1. The Hall–Kier alpha value is -3.12. The van der Waals surface area contributed by atoms with Gasteiger partial charge in [0.25, 0.3) is 5.91 Å². The maximum absolute atomic E-state index is 12.2. The molecule has 5 nitrogen and oxygen atoms in total. The Morgan fingerprint density at radius 2 is 1.93 bits per heavy atom. The summed E-state index contributed by atoms with van der Waals surface area (Å²) in [6.45, 7) is 6.09. The largest absolute Gasteiger partial charge is 0.493 e. The molecule has 150 valence electrons. The van der Waals surface area contributed by atoms with Gasteiger partial charge in [-0.1, -0.05) is 36.4 Å². The number of hydrogen-bond donors (Lipinski definition) is 1. The first-order valence-corrected chi connectivity index (χ1v) is 10.2. The van der Waals surface area contributed by atoms with Gasteiger partial charge in [0.2, 0.25) is 0 Å². The van der Waals surface area contributed by atoms with Gasteiger partial charge in [0.1, 0.15) is 0 Å². The average Bonchev–Trinajstić information content (AvgIpc) is 3.18. The normalized spacial score (nSPS) is 10.4. The molecule has 0 radical (unpaired) electrons. The minimum absolute atomic E-state index is 0.0760. The van der Waals surface area contributed by atoms with Gasteiger partial charge in [-0.25, -0.2) is 4.98 Å². The Labute approximate surface area is 175 Å². The molecule has 1 heterocycles. The molecule has 0 spiro atoms. The lowest BCUT2D eigenvalue weighted by atomic mass is 10.1. The molecule has 1 amide bonds. The fraction of sp³-hybridized carbons (Fsp3) is 0.217. The Morgan fingerprint density at radius 3 is 2.59 bits per heavy atom. The fourth-order valence-corrected chi connectivity index (χ4v) is 3.43. The van der Waals surface area contributed by atoms with E-state index in [1.54, 1.807) is 18.4 Å². The highest BCUT2D eigenvalue weighted by atomic mass is 32.1. The van der Waals surface area contributed by atoms with Crippen LogP contribution in [0.15, 0.2) is 60.5 Å². The lowest BCUT2D eigenvalue weighted by molar-refractivity contribution is -0.123. The minimum atomic E-state index is -0.193. The highest BCUT2D eigenvalue weighted by molar-refractivity contribution is 7.09. The number of aryl methyl sites for hydroxylation is 1. The second kappa shape index (κ2) is 9.89. The van der Waals surface area contributed by atoms with Gasteiger partial charge in [0, 0.05) is 17.5 Å². The number of hydrogen-bond acceptors (Lipinski definition) is 5. The minimum Gasteiger partial charge on any atom is -0.493 e. The quantitative estimate of drug-likeness (QED) is 0.528. The van der Waals surface area contributed by atoms with Crippen LogP contribution in [0.5, 0.6) is 11.5 Å². The van der Waals surface area contributed by atoms with Crippen LogP contribution in [-0.2, 0) is 17.8 Å². The highest BCUT2D eigenvalue weighted by Gasteiger charge is 2.09. The number of allylic oxidation sites excluding steroid dienone is 1. The van der Waals surface area contributed by atoms with E-state index in [0.29, 0.717) is 18.0 Å². The third-order valence-electron chi connectivity index (χ3n) is 4.33. The van der Waals surface area contributed by atoms with Crippen molar-refractivity contribution < 1.29 is 14.3 Å². The average molecular weight is 409 g/mol. The van der Waals surface area contributed by atoms with E-state index in [1.807, 2.05) is 60.8 Å². The lowest BCUT2D eigenvalue weighted by Crippen LogP contribution is -2.28. The SMILES string of the molecule is C=CCc1ccc(OCC(=O)NCc2ccc(-c3csc(C)n3)cc2)c(OC)c1. The molecule has 0 aliphatic rings. The molecule has 6 heteroatoms. The summed E-state index contributed by atoms with van der Waals surface area (Å²) in [6.07, 6.45) is 2.57. The van der Waals surface area contributed by atoms with Crippen LogP contribution in [0, 0.1) is 6.92 Å². The fourth-order valence-electron chi connectivity index (χ4n) is 2.81. The molecule has 0 aliphatic carbocycles.